The summed E-state index contributed by atoms with van der Waals surface area (Å²) < 4.78 is 25.3. The molecule has 0 heterocycles. The van der Waals surface area contributed by atoms with Crippen molar-refractivity contribution < 1.29 is 23.5 Å². The molecular formula is C35H31FN2O4. The van der Waals surface area contributed by atoms with Gasteiger partial charge >= 0.3 is 11.9 Å². The second kappa shape index (κ2) is 15.1. The lowest BCUT2D eigenvalue weighted by molar-refractivity contribution is -0.135. The summed E-state index contributed by atoms with van der Waals surface area (Å²) in [6.45, 7) is 0. The fraction of sp³-hybridized carbons (Fsp3) is 0.257. The van der Waals surface area contributed by atoms with Crippen LogP contribution in [0.5, 0.6) is 11.5 Å². The van der Waals surface area contributed by atoms with Crippen LogP contribution in [0.4, 0.5) is 4.39 Å². The zero-order valence-corrected chi connectivity index (χ0v) is 23.3. The van der Waals surface area contributed by atoms with Crippen LogP contribution in [0.2, 0.25) is 0 Å². The number of esters is 2. The maximum absolute atomic E-state index is 14.6. The molecule has 42 heavy (non-hydrogen) atoms. The molecule has 0 amide bonds. The van der Waals surface area contributed by atoms with E-state index in [1.807, 2.05) is 18.2 Å². The van der Waals surface area contributed by atoms with Gasteiger partial charge in [-0.05, 0) is 77.7 Å². The Morgan fingerprint density at radius 1 is 0.595 bits per heavy atom. The molecule has 7 heteroatoms. The van der Waals surface area contributed by atoms with Crippen molar-refractivity contribution in [2.75, 3.05) is 0 Å². The minimum atomic E-state index is -0.497. The van der Waals surface area contributed by atoms with Crippen LogP contribution in [0, 0.1) is 28.5 Å². The number of fused-ring (bicyclic) bond motifs is 1. The fourth-order valence-corrected chi connectivity index (χ4v) is 4.66. The molecule has 212 valence electrons. The van der Waals surface area contributed by atoms with Gasteiger partial charge in [-0.15, -0.1) is 0 Å². The summed E-state index contributed by atoms with van der Waals surface area (Å²) in [4.78, 5) is 24.4. The summed E-state index contributed by atoms with van der Waals surface area (Å²) in [6, 6.07) is 25.9. The maximum Gasteiger partial charge on any atom is 0.311 e. The normalized spacial score (nSPS) is 10.5. The summed E-state index contributed by atoms with van der Waals surface area (Å²) in [5, 5.41) is 19.7. The van der Waals surface area contributed by atoms with E-state index in [0.29, 0.717) is 40.8 Å². The minimum Gasteiger partial charge on any atom is -0.427 e. The van der Waals surface area contributed by atoms with E-state index in [9.17, 15) is 14.0 Å². The van der Waals surface area contributed by atoms with E-state index in [0.717, 1.165) is 49.3 Å². The molecule has 0 bridgehead atoms. The van der Waals surface area contributed by atoms with Crippen molar-refractivity contribution in [3.63, 3.8) is 0 Å². The first-order valence-corrected chi connectivity index (χ1v) is 14.1. The van der Waals surface area contributed by atoms with Gasteiger partial charge in [0.05, 0.1) is 23.3 Å². The Hall–Kier alpha value is -5.01. The van der Waals surface area contributed by atoms with Crippen molar-refractivity contribution in [2.24, 2.45) is 0 Å². The van der Waals surface area contributed by atoms with Crippen LogP contribution in [0.25, 0.3) is 21.9 Å². The van der Waals surface area contributed by atoms with Crippen LogP contribution < -0.4 is 9.47 Å². The van der Waals surface area contributed by atoms with Gasteiger partial charge in [0.2, 0.25) is 0 Å². The molecule has 0 saturated heterocycles. The van der Waals surface area contributed by atoms with E-state index in [4.69, 9.17) is 20.0 Å². The van der Waals surface area contributed by atoms with E-state index in [1.54, 1.807) is 60.7 Å². The number of hydrogen-bond donors (Lipinski definition) is 0. The third-order valence-electron chi connectivity index (χ3n) is 6.93. The van der Waals surface area contributed by atoms with Crippen LogP contribution >= 0.6 is 0 Å². The highest BCUT2D eigenvalue weighted by Crippen LogP contribution is 2.27. The van der Waals surface area contributed by atoms with Gasteiger partial charge < -0.3 is 9.47 Å². The number of benzene rings is 4. The van der Waals surface area contributed by atoms with Crippen LogP contribution in [0.15, 0.2) is 78.9 Å². The molecule has 0 fully saturated rings. The van der Waals surface area contributed by atoms with Crippen LogP contribution in [0.3, 0.4) is 0 Å². The monoisotopic (exact) mass is 562 g/mol. The molecule has 0 N–H and O–H groups in total. The third-order valence-corrected chi connectivity index (χ3v) is 6.93. The van der Waals surface area contributed by atoms with Crippen molar-refractivity contribution in [2.45, 2.75) is 57.8 Å². The number of nitriles is 2. The number of unbranched alkanes of at least 4 members (excludes halogenated alkanes) is 6. The van der Waals surface area contributed by atoms with Gasteiger partial charge in [0.25, 0.3) is 0 Å². The lowest BCUT2D eigenvalue weighted by Crippen LogP contribution is -2.08. The highest BCUT2D eigenvalue weighted by Gasteiger charge is 2.11. The van der Waals surface area contributed by atoms with Gasteiger partial charge in [-0.25, -0.2) is 4.39 Å². The highest BCUT2D eigenvalue weighted by molar-refractivity contribution is 5.86. The molecule has 4 rings (SSSR count). The molecule has 0 unspecified atom stereocenters. The van der Waals surface area contributed by atoms with Gasteiger partial charge in [-0.2, -0.15) is 10.5 Å². The van der Waals surface area contributed by atoms with E-state index in [2.05, 4.69) is 6.07 Å². The summed E-state index contributed by atoms with van der Waals surface area (Å²) in [5.74, 6) is -0.477. The molecule has 6 nitrogen and oxygen atoms in total. The SMILES string of the molecule is N#Cc1ccc(-c2ccc(OC(=O)CCCCCCCCCC(=O)Oc3ccc4cc(C#N)ccc4c3)cc2F)cc1. The molecule has 4 aromatic rings. The Morgan fingerprint density at radius 2 is 1.10 bits per heavy atom. The molecular weight excluding hydrogens is 531 g/mol. The van der Waals surface area contributed by atoms with Crippen molar-refractivity contribution in [3.8, 4) is 34.8 Å². The summed E-state index contributed by atoms with van der Waals surface area (Å²) in [6.07, 6.45) is 6.88. The highest BCUT2D eigenvalue weighted by atomic mass is 19.1. The molecule has 0 aliphatic carbocycles. The van der Waals surface area contributed by atoms with Crippen LogP contribution in [-0.4, -0.2) is 11.9 Å². The maximum atomic E-state index is 14.6. The van der Waals surface area contributed by atoms with Crippen molar-refractivity contribution in [1.82, 2.24) is 0 Å². The van der Waals surface area contributed by atoms with E-state index < -0.39 is 11.8 Å². The summed E-state index contributed by atoms with van der Waals surface area (Å²) in [7, 11) is 0. The van der Waals surface area contributed by atoms with Gasteiger partial charge in [0, 0.05) is 24.5 Å². The predicted octanol–water partition coefficient (Wildman–Crippen LogP) is 8.41. The molecule has 0 aliphatic heterocycles. The first-order valence-electron chi connectivity index (χ1n) is 14.1. The Bertz CT molecular complexity index is 1630. The quantitative estimate of drug-likeness (QED) is 0.0921. The van der Waals surface area contributed by atoms with E-state index in [-0.39, 0.29) is 18.1 Å². The smallest absolute Gasteiger partial charge is 0.311 e. The summed E-state index contributed by atoms with van der Waals surface area (Å²) in [5.41, 5.74) is 2.10. The third kappa shape index (κ3) is 8.74. The number of carbonyl (C=O) groups is 2. The topological polar surface area (TPSA) is 100 Å². The Kier molecular flexibility index (Phi) is 10.8. The van der Waals surface area contributed by atoms with E-state index in [1.165, 1.54) is 6.07 Å². The lowest BCUT2D eigenvalue weighted by atomic mass is 10.0. The first kappa shape index (κ1) is 30.0. The largest absolute Gasteiger partial charge is 0.427 e. The standard InChI is InChI=1S/C35H31FN2O4/c36-33-22-31(18-19-32(33)27-13-10-25(23-37)11-14-27)42-35(40)9-7-5-3-1-2-4-6-8-34(39)41-30-17-16-28-20-26(24-38)12-15-29(28)21-30/h10-22H,1-9H2. The average Bonchev–Trinajstić information content (AvgIpc) is 3.00. The number of carbonyl (C=O) groups excluding carboxylic acids is 2. The molecule has 4 aromatic carbocycles. The Balaban J connectivity index is 1.06. The molecule has 0 aliphatic rings. The molecule has 0 spiro atoms. The second-order valence-electron chi connectivity index (χ2n) is 10.1. The number of ether oxygens (including phenoxy) is 2. The van der Waals surface area contributed by atoms with Gasteiger partial charge in [-0.3, -0.25) is 9.59 Å². The lowest BCUT2D eigenvalue weighted by Gasteiger charge is -2.08. The number of nitrogens with zero attached hydrogens (tertiary/aromatic N) is 2. The van der Waals surface area contributed by atoms with Gasteiger partial charge in [-0.1, -0.05) is 56.4 Å². The molecule has 0 radical (unpaired) electrons. The van der Waals surface area contributed by atoms with Crippen LogP contribution in [-0.2, 0) is 9.59 Å². The van der Waals surface area contributed by atoms with Crippen LogP contribution in [0.1, 0.15) is 68.9 Å². The first-order chi connectivity index (χ1) is 20.4. The predicted molar refractivity (Wildman–Crippen MR) is 158 cm³/mol. The fourth-order valence-electron chi connectivity index (χ4n) is 4.66. The zero-order chi connectivity index (χ0) is 29.7. The summed E-state index contributed by atoms with van der Waals surface area (Å²) >= 11 is 0. The van der Waals surface area contributed by atoms with Crippen molar-refractivity contribution in [3.05, 3.63) is 95.8 Å². The van der Waals surface area contributed by atoms with Gasteiger partial charge in [0.15, 0.2) is 0 Å². The number of hydrogen-bond acceptors (Lipinski definition) is 6. The average molecular weight is 563 g/mol. The second-order valence-corrected chi connectivity index (χ2v) is 10.1. The van der Waals surface area contributed by atoms with Gasteiger partial charge in [0.1, 0.15) is 17.3 Å². The van der Waals surface area contributed by atoms with Crippen molar-refractivity contribution in [1.29, 1.82) is 10.5 Å². The zero-order valence-electron chi connectivity index (χ0n) is 23.3. The molecule has 0 saturated carbocycles. The minimum absolute atomic E-state index is 0.170. The number of rotatable bonds is 13. The van der Waals surface area contributed by atoms with Crippen molar-refractivity contribution >= 4 is 22.7 Å². The molecule has 0 aromatic heterocycles. The van der Waals surface area contributed by atoms with E-state index >= 15 is 0 Å². The molecule has 0 atom stereocenters. The Labute approximate surface area is 244 Å². The Morgan fingerprint density at radius 3 is 1.69 bits per heavy atom. The number of halogens is 1.